The summed E-state index contributed by atoms with van der Waals surface area (Å²) >= 11 is 6.06. The minimum Gasteiger partial charge on any atom is -0.472 e. The van der Waals surface area contributed by atoms with Crippen LogP contribution >= 0.6 is 11.6 Å². The highest BCUT2D eigenvalue weighted by Crippen LogP contribution is 2.34. The number of hydrogen-bond acceptors (Lipinski definition) is 6. The number of carbonyl (C=O) groups excluding carboxylic acids is 1. The molecule has 0 aliphatic carbocycles. The van der Waals surface area contributed by atoms with E-state index in [-0.39, 0.29) is 12.2 Å². The highest BCUT2D eigenvalue weighted by molar-refractivity contribution is 6.30. The van der Waals surface area contributed by atoms with E-state index < -0.39 is 11.2 Å². The van der Waals surface area contributed by atoms with Gasteiger partial charge in [0, 0.05) is 30.9 Å². The van der Waals surface area contributed by atoms with Gasteiger partial charge in [-0.2, -0.15) is 0 Å². The van der Waals surface area contributed by atoms with Crippen molar-refractivity contribution in [3.63, 3.8) is 0 Å². The molecular weight excluding hydrogens is 382 g/mol. The fourth-order valence-corrected chi connectivity index (χ4v) is 3.30. The Morgan fingerprint density at radius 3 is 2.57 bits per heavy atom. The summed E-state index contributed by atoms with van der Waals surface area (Å²) in [6, 6.07) is 1.69. The number of ether oxygens (including phenoxy) is 2. The maximum atomic E-state index is 12.2. The standard InChI is InChI=1S/C20H26ClN3O4/c1-19(2,3)28-18(25)24-7-6-12(11-24)27-17-14-9-22-16(21)8-13(14)15(10-23-17)20(4,5)26/h8-10,12,26H,6-7,11H2,1-5H3. The minimum atomic E-state index is -1.09. The van der Waals surface area contributed by atoms with Crippen LogP contribution in [-0.4, -0.2) is 50.9 Å². The fourth-order valence-electron chi connectivity index (χ4n) is 3.14. The molecule has 1 fully saturated rings. The number of nitrogens with zero attached hydrogens (tertiary/aromatic N) is 3. The number of hydrogen-bond donors (Lipinski definition) is 1. The summed E-state index contributed by atoms with van der Waals surface area (Å²) in [5.74, 6) is 0.406. The van der Waals surface area contributed by atoms with Crippen molar-refractivity contribution in [3.8, 4) is 5.88 Å². The molecular formula is C20H26ClN3O4. The Morgan fingerprint density at radius 2 is 1.93 bits per heavy atom. The predicted molar refractivity (Wildman–Crippen MR) is 107 cm³/mol. The zero-order valence-corrected chi connectivity index (χ0v) is 17.6. The largest absolute Gasteiger partial charge is 0.472 e. The number of rotatable bonds is 3. The number of aromatic nitrogens is 2. The first kappa shape index (κ1) is 20.6. The van der Waals surface area contributed by atoms with E-state index in [9.17, 15) is 9.90 Å². The van der Waals surface area contributed by atoms with Gasteiger partial charge >= 0.3 is 6.09 Å². The van der Waals surface area contributed by atoms with Crippen molar-refractivity contribution in [3.05, 3.63) is 29.2 Å². The topological polar surface area (TPSA) is 84.8 Å². The summed E-state index contributed by atoms with van der Waals surface area (Å²) in [5.41, 5.74) is -0.984. The average molecular weight is 408 g/mol. The van der Waals surface area contributed by atoms with E-state index in [1.165, 1.54) is 0 Å². The Morgan fingerprint density at radius 1 is 1.21 bits per heavy atom. The zero-order chi connectivity index (χ0) is 20.7. The van der Waals surface area contributed by atoms with E-state index >= 15 is 0 Å². The van der Waals surface area contributed by atoms with Crippen LogP contribution in [0.2, 0.25) is 5.15 Å². The molecule has 1 aliphatic heterocycles. The van der Waals surface area contributed by atoms with Crippen molar-refractivity contribution < 1.29 is 19.4 Å². The Labute approximate surface area is 169 Å². The lowest BCUT2D eigenvalue weighted by atomic mass is 9.95. The van der Waals surface area contributed by atoms with Crippen LogP contribution < -0.4 is 4.74 Å². The third-order valence-electron chi connectivity index (χ3n) is 4.44. The Kier molecular flexibility index (Phi) is 5.42. The van der Waals surface area contributed by atoms with Crippen molar-refractivity contribution in [2.75, 3.05) is 13.1 Å². The molecule has 0 bridgehead atoms. The number of carbonyl (C=O) groups is 1. The fraction of sp³-hybridized carbons (Fsp3) is 0.550. The molecule has 1 amide bonds. The molecule has 1 atom stereocenters. The molecule has 0 aromatic carbocycles. The van der Waals surface area contributed by atoms with Crippen molar-refractivity contribution in [1.29, 1.82) is 0 Å². The molecule has 8 heteroatoms. The minimum absolute atomic E-state index is 0.202. The molecule has 0 radical (unpaired) electrons. The van der Waals surface area contributed by atoms with Crippen LogP contribution in [0.15, 0.2) is 18.5 Å². The van der Waals surface area contributed by atoms with Gasteiger partial charge in [0.05, 0.1) is 17.5 Å². The van der Waals surface area contributed by atoms with Crippen LogP contribution in [0.25, 0.3) is 10.8 Å². The third-order valence-corrected chi connectivity index (χ3v) is 4.64. The summed E-state index contributed by atoms with van der Waals surface area (Å²) in [7, 11) is 0. The molecule has 0 spiro atoms. The van der Waals surface area contributed by atoms with Crippen LogP contribution in [0, 0.1) is 0 Å². The molecule has 1 saturated heterocycles. The monoisotopic (exact) mass is 407 g/mol. The van der Waals surface area contributed by atoms with E-state index in [2.05, 4.69) is 9.97 Å². The van der Waals surface area contributed by atoms with Crippen LogP contribution in [0.3, 0.4) is 0 Å². The van der Waals surface area contributed by atoms with Gasteiger partial charge in [-0.25, -0.2) is 14.8 Å². The second kappa shape index (κ2) is 7.37. The van der Waals surface area contributed by atoms with Gasteiger partial charge in [-0.05, 0) is 46.1 Å². The van der Waals surface area contributed by atoms with Gasteiger partial charge < -0.3 is 19.5 Å². The van der Waals surface area contributed by atoms with Gasteiger partial charge in [0.15, 0.2) is 0 Å². The second-order valence-electron chi connectivity index (χ2n) is 8.54. The van der Waals surface area contributed by atoms with Crippen molar-refractivity contribution in [2.24, 2.45) is 0 Å². The van der Waals surface area contributed by atoms with Crippen molar-refractivity contribution in [1.82, 2.24) is 14.9 Å². The number of aliphatic hydroxyl groups is 1. The van der Waals surface area contributed by atoms with E-state index in [4.69, 9.17) is 21.1 Å². The van der Waals surface area contributed by atoms with Gasteiger partial charge in [-0.1, -0.05) is 11.6 Å². The quantitative estimate of drug-likeness (QED) is 0.776. The second-order valence-corrected chi connectivity index (χ2v) is 8.93. The predicted octanol–water partition coefficient (Wildman–Crippen LogP) is 3.90. The average Bonchev–Trinajstić information content (AvgIpc) is 3.00. The summed E-state index contributed by atoms with van der Waals surface area (Å²) in [5, 5.41) is 12.2. The lowest BCUT2D eigenvalue weighted by molar-refractivity contribution is 0.0275. The molecule has 3 rings (SSSR count). The molecule has 2 aromatic heterocycles. The van der Waals surface area contributed by atoms with Crippen LogP contribution in [-0.2, 0) is 10.3 Å². The molecule has 3 heterocycles. The van der Waals surface area contributed by atoms with Crippen molar-refractivity contribution in [2.45, 2.75) is 58.3 Å². The molecule has 1 N–H and O–H groups in total. The van der Waals surface area contributed by atoms with E-state index in [1.807, 2.05) is 20.8 Å². The Bertz CT molecular complexity index is 889. The number of pyridine rings is 2. The Balaban J connectivity index is 1.81. The molecule has 28 heavy (non-hydrogen) atoms. The lowest BCUT2D eigenvalue weighted by Crippen LogP contribution is -2.36. The van der Waals surface area contributed by atoms with Crippen molar-refractivity contribution >= 4 is 28.5 Å². The first-order valence-corrected chi connectivity index (χ1v) is 9.63. The number of amides is 1. The van der Waals surface area contributed by atoms with Gasteiger partial charge in [-0.15, -0.1) is 0 Å². The highest BCUT2D eigenvalue weighted by atomic mass is 35.5. The van der Waals surface area contributed by atoms with Gasteiger partial charge in [0.25, 0.3) is 0 Å². The smallest absolute Gasteiger partial charge is 0.410 e. The highest BCUT2D eigenvalue weighted by Gasteiger charge is 2.32. The molecule has 152 valence electrons. The van der Waals surface area contributed by atoms with Crippen LogP contribution in [0.1, 0.15) is 46.6 Å². The van der Waals surface area contributed by atoms with Gasteiger partial charge in [-0.3, -0.25) is 0 Å². The summed E-state index contributed by atoms with van der Waals surface area (Å²) in [4.78, 5) is 22.4. The summed E-state index contributed by atoms with van der Waals surface area (Å²) in [6.45, 7) is 9.88. The number of likely N-dealkylation sites (tertiary alicyclic amines) is 1. The zero-order valence-electron chi connectivity index (χ0n) is 16.8. The first-order valence-electron chi connectivity index (χ1n) is 9.26. The summed E-state index contributed by atoms with van der Waals surface area (Å²) in [6.07, 6.45) is 3.32. The molecule has 0 saturated carbocycles. The number of halogens is 1. The molecule has 7 nitrogen and oxygen atoms in total. The normalized spacial score (nSPS) is 17.8. The van der Waals surface area contributed by atoms with Gasteiger partial charge in [0.1, 0.15) is 16.9 Å². The first-order chi connectivity index (χ1) is 12.9. The third kappa shape index (κ3) is 4.64. The maximum absolute atomic E-state index is 12.2. The van der Waals surface area contributed by atoms with E-state index in [1.54, 1.807) is 37.2 Å². The van der Waals surface area contributed by atoms with Crippen LogP contribution in [0.4, 0.5) is 4.79 Å². The Hall–Kier alpha value is -2.12. The lowest BCUT2D eigenvalue weighted by Gasteiger charge is -2.24. The molecule has 1 aliphatic rings. The number of fused-ring (bicyclic) bond motifs is 1. The molecule has 2 aromatic rings. The maximum Gasteiger partial charge on any atom is 0.410 e. The van der Waals surface area contributed by atoms with E-state index in [0.29, 0.717) is 41.5 Å². The SMILES string of the molecule is CC(C)(C)OC(=O)N1CCC(Oc2ncc(C(C)(C)O)c3cc(Cl)ncc23)C1. The molecule has 1 unspecified atom stereocenters. The summed E-state index contributed by atoms with van der Waals surface area (Å²) < 4.78 is 11.5. The van der Waals surface area contributed by atoms with Crippen LogP contribution in [0.5, 0.6) is 5.88 Å². The van der Waals surface area contributed by atoms with Gasteiger partial charge in [0.2, 0.25) is 5.88 Å². The van der Waals surface area contributed by atoms with E-state index in [0.717, 1.165) is 5.39 Å².